The van der Waals surface area contributed by atoms with E-state index in [0.29, 0.717) is 25.4 Å². The van der Waals surface area contributed by atoms with E-state index in [1.807, 2.05) is 0 Å². The molecule has 2 heterocycles. The van der Waals surface area contributed by atoms with Crippen molar-refractivity contribution in [3.05, 3.63) is 0 Å². The summed E-state index contributed by atoms with van der Waals surface area (Å²) in [5.74, 6) is 0.311. The van der Waals surface area contributed by atoms with Crippen LogP contribution in [0.15, 0.2) is 0 Å². The molecule has 0 aromatic carbocycles. The zero-order valence-electron chi connectivity index (χ0n) is 8.60. The molecule has 2 fully saturated rings. The summed E-state index contributed by atoms with van der Waals surface area (Å²) in [6.07, 6.45) is 0. The number of carbonyl (C=O) groups is 2. The van der Waals surface area contributed by atoms with Gasteiger partial charge in [0, 0.05) is 25.4 Å². The summed E-state index contributed by atoms with van der Waals surface area (Å²) in [6, 6.07) is 1.20. The second-order valence-corrected chi connectivity index (χ2v) is 4.67. The number of nitrogens with zero attached hydrogens (tertiary/aromatic N) is 2. The molecule has 2 N–H and O–H groups in total. The van der Waals surface area contributed by atoms with Crippen molar-refractivity contribution in [2.75, 3.05) is 25.4 Å². The molecule has 2 saturated heterocycles. The molecule has 16 heavy (non-hydrogen) atoms. The first kappa shape index (κ1) is 11.2. The van der Waals surface area contributed by atoms with Gasteiger partial charge in [-0.05, 0) is 0 Å². The third-order valence-electron chi connectivity index (χ3n) is 2.65. The van der Waals surface area contributed by atoms with Gasteiger partial charge in [0.15, 0.2) is 0 Å². The van der Waals surface area contributed by atoms with Gasteiger partial charge in [-0.15, -0.1) is 0 Å². The Kier molecular flexibility index (Phi) is 3.31. The van der Waals surface area contributed by atoms with Crippen molar-refractivity contribution in [1.82, 2.24) is 15.5 Å². The Morgan fingerprint density at radius 2 is 2.44 bits per heavy atom. The number of nitriles is 1. The molecule has 0 aromatic heterocycles. The lowest BCUT2D eigenvalue weighted by Gasteiger charge is -2.33. The second-order valence-electron chi connectivity index (χ2n) is 3.68. The number of amides is 2. The minimum absolute atomic E-state index is 0.147. The molecule has 86 valence electrons. The highest BCUT2D eigenvalue weighted by Crippen LogP contribution is 2.16. The van der Waals surface area contributed by atoms with Crippen molar-refractivity contribution in [3.63, 3.8) is 0 Å². The van der Waals surface area contributed by atoms with Crippen LogP contribution in [0.5, 0.6) is 0 Å². The Morgan fingerprint density at radius 3 is 3.06 bits per heavy atom. The monoisotopic (exact) mass is 240 g/mol. The largest absolute Gasteiger partial charge is 0.334 e. The molecular weight excluding hydrogens is 228 g/mol. The van der Waals surface area contributed by atoms with Crippen molar-refractivity contribution in [3.8, 4) is 6.07 Å². The van der Waals surface area contributed by atoms with Crippen LogP contribution in [-0.2, 0) is 4.79 Å². The van der Waals surface area contributed by atoms with E-state index in [1.54, 1.807) is 4.90 Å². The van der Waals surface area contributed by atoms with Crippen LogP contribution < -0.4 is 10.6 Å². The highest BCUT2D eigenvalue weighted by molar-refractivity contribution is 8.14. The van der Waals surface area contributed by atoms with Gasteiger partial charge in [0.05, 0.1) is 6.07 Å². The summed E-state index contributed by atoms with van der Waals surface area (Å²) in [4.78, 5) is 24.6. The Hall–Kier alpha value is -1.26. The maximum atomic E-state index is 12.0. The molecule has 0 radical (unpaired) electrons. The van der Waals surface area contributed by atoms with E-state index in [0.717, 1.165) is 11.8 Å². The molecule has 0 bridgehead atoms. The molecule has 2 aliphatic rings. The van der Waals surface area contributed by atoms with Gasteiger partial charge < -0.3 is 15.5 Å². The molecule has 2 rings (SSSR count). The van der Waals surface area contributed by atoms with Crippen molar-refractivity contribution >= 4 is 22.9 Å². The van der Waals surface area contributed by atoms with Crippen molar-refractivity contribution < 1.29 is 9.59 Å². The van der Waals surface area contributed by atoms with Gasteiger partial charge in [-0.2, -0.15) is 5.26 Å². The molecule has 0 aromatic rings. The molecule has 0 saturated carbocycles. The van der Waals surface area contributed by atoms with E-state index >= 15 is 0 Å². The predicted octanol–water partition coefficient (Wildman–Crippen LogP) is -0.865. The van der Waals surface area contributed by atoms with Gasteiger partial charge in [-0.25, -0.2) is 0 Å². The topological polar surface area (TPSA) is 85.2 Å². The number of nitrogens with one attached hydrogen (secondary N) is 2. The molecular formula is C9H12N4O2S. The van der Waals surface area contributed by atoms with Crippen LogP contribution in [0.25, 0.3) is 0 Å². The third-order valence-corrected chi connectivity index (χ3v) is 3.53. The number of rotatable bonds is 1. The molecule has 7 heteroatoms. The van der Waals surface area contributed by atoms with Crippen LogP contribution >= 0.6 is 11.8 Å². The Bertz CT molecular complexity index is 354. The average Bonchev–Trinajstić information content (AvgIpc) is 2.75. The Labute approximate surface area is 97.3 Å². The van der Waals surface area contributed by atoms with Crippen LogP contribution in [-0.4, -0.2) is 53.5 Å². The summed E-state index contributed by atoms with van der Waals surface area (Å²) in [5.41, 5.74) is 0. The van der Waals surface area contributed by atoms with Crippen molar-refractivity contribution in [1.29, 1.82) is 5.26 Å². The van der Waals surface area contributed by atoms with E-state index in [4.69, 9.17) is 5.26 Å². The fraction of sp³-hybridized carbons (Fsp3) is 0.667. The van der Waals surface area contributed by atoms with Crippen LogP contribution in [0.1, 0.15) is 0 Å². The molecule has 0 spiro atoms. The summed E-state index contributed by atoms with van der Waals surface area (Å²) in [7, 11) is 0. The normalized spacial score (nSPS) is 29.7. The van der Waals surface area contributed by atoms with Gasteiger partial charge >= 0.3 is 0 Å². The highest BCUT2D eigenvalue weighted by Gasteiger charge is 2.35. The van der Waals surface area contributed by atoms with E-state index in [1.165, 1.54) is 0 Å². The van der Waals surface area contributed by atoms with E-state index in [2.05, 4.69) is 16.7 Å². The smallest absolute Gasteiger partial charge is 0.279 e. The molecule has 2 amide bonds. The average molecular weight is 240 g/mol. The quantitative estimate of drug-likeness (QED) is 0.622. The first-order chi connectivity index (χ1) is 7.72. The van der Waals surface area contributed by atoms with Gasteiger partial charge in [0.25, 0.3) is 5.24 Å². The summed E-state index contributed by atoms with van der Waals surface area (Å²) in [6.45, 7) is 1.71. The molecule has 2 aliphatic heterocycles. The fourth-order valence-corrected chi connectivity index (χ4v) is 2.57. The first-order valence-corrected chi connectivity index (χ1v) is 6.05. The molecule has 2 atom stereocenters. The number of thioether (sulfide) groups is 1. The maximum absolute atomic E-state index is 12.0. The zero-order chi connectivity index (χ0) is 11.5. The fourth-order valence-electron chi connectivity index (χ4n) is 1.80. The lowest BCUT2D eigenvalue weighted by atomic mass is 10.1. The predicted molar refractivity (Wildman–Crippen MR) is 58.8 cm³/mol. The number of hydrogen-bond donors (Lipinski definition) is 2. The van der Waals surface area contributed by atoms with Crippen LogP contribution in [0.3, 0.4) is 0 Å². The van der Waals surface area contributed by atoms with Gasteiger partial charge in [0.2, 0.25) is 5.91 Å². The third kappa shape index (κ3) is 2.13. The number of piperazine rings is 1. The standard InChI is InChI=1S/C9H12N4O2S/c10-3-6-4-11-1-2-13(6)8(14)7-5-16-9(15)12-7/h6-7,11H,1-2,4-5H2,(H,12,15). The first-order valence-electron chi connectivity index (χ1n) is 5.06. The summed E-state index contributed by atoms with van der Waals surface area (Å²) in [5, 5.41) is 14.4. The summed E-state index contributed by atoms with van der Waals surface area (Å²) >= 11 is 1.11. The molecule has 2 unspecified atom stereocenters. The zero-order valence-corrected chi connectivity index (χ0v) is 9.42. The maximum Gasteiger partial charge on any atom is 0.279 e. The Morgan fingerprint density at radius 1 is 1.62 bits per heavy atom. The van der Waals surface area contributed by atoms with E-state index in [-0.39, 0.29) is 11.1 Å². The lowest BCUT2D eigenvalue weighted by Crippen LogP contribution is -2.57. The molecule has 6 nitrogen and oxygen atoms in total. The summed E-state index contributed by atoms with van der Waals surface area (Å²) < 4.78 is 0. The van der Waals surface area contributed by atoms with E-state index in [9.17, 15) is 9.59 Å². The van der Waals surface area contributed by atoms with Gasteiger partial charge in [0.1, 0.15) is 12.1 Å². The second kappa shape index (κ2) is 4.72. The minimum atomic E-state index is -0.466. The van der Waals surface area contributed by atoms with Crippen molar-refractivity contribution in [2.24, 2.45) is 0 Å². The van der Waals surface area contributed by atoms with Gasteiger partial charge in [-0.3, -0.25) is 9.59 Å². The highest BCUT2D eigenvalue weighted by atomic mass is 32.2. The van der Waals surface area contributed by atoms with Crippen LogP contribution in [0, 0.1) is 11.3 Å². The molecule has 0 aliphatic carbocycles. The lowest BCUT2D eigenvalue weighted by molar-refractivity contribution is -0.134. The van der Waals surface area contributed by atoms with Gasteiger partial charge in [-0.1, -0.05) is 11.8 Å². The minimum Gasteiger partial charge on any atom is -0.334 e. The van der Waals surface area contributed by atoms with Crippen LogP contribution in [0.2, 0.25) is 0 Å². The van der Waals surface area contributed by atoms with Crippen LogP contribution in [0.4, 0.5) is 4.79 Å². The van der Waals surface area contributed by atoms with E-state index < -0.39 is 12.1 Å². The number of hydrogen-bond acceptors (Lipinski definition) is 5. The Balaban J connectivity index is 2.02. The SMILES string of the molecule is N#CC1CNCCN1C(=O)C1CSC(=O)N1. The van der Waals surface area contributed by atoms with Crippen molar-refractivity contribution in [2.45, 2.75) is 12.1 Å². The number of carbonyl (C=O) groups excluding carboxylic acids is 2.